The molecule has 1 saturated heterocycles. The van der Waals surface area contributed by atoms with Crippen LogP contribution in [0.5, 0.6) is 11.5 Å². The lowest BCUT2D eigenvalue weighted by Crippen LogP contribution is -2.48. The summed E-state index contributed by atoms with van der Waals surface area (Å²) in [6.45, 7) is 5.22. The molecule has 3 aromatic carbocycles. The molecular weight excluding hydrogens is 534 g/mol. The van der Waals surface area contributed by atoms with Crippen molar-refractivity contribution in [1.82, 2.24) is 13.7 Å². The van der Waals surface area contributed by atoms with Crippen molar-refractivity contribution >= 4 is 38.3 Å². The van der Waals surface area contributed by atoms with Gasteiger partial charge in [0.2, 0.25) is 21.1 Å². The average molecular weight is 564 g/mol. The number of nitrogens with one attached hydrogen (secondary N) is 1. The summed E-state index contributed by atoms with van der Waals surface area (Å²) >= 11 is 1.33. The molecule has 1 amide bonds. The van der Waals surface area contributed by atoms with Crippen LogP contribution >= 0.6 is 11.5 Å². The number of nitrogens with zero attached hydrogens (tertiary/aromatic N) is 4. The summed E-state index contributed by atoms with van der Waals surface area (Å²) in [4.78, 5) is 18.2. The second-order valence-electron chi connectivity index (χ2n) is 9.33. The van der Waals surface area contributed by atoms with E-state index in [9.17, 15) is 13.2 Å². The Morgan fingerprint density at radius 3 is 2.15 bits per heavy atom. The predicted molar refractivity (Wildman–Crippen MR) is 152 cm³/mol. The van der Waals surface area contributed by atoms with Gasteiger partial charge in [0.1, 0.15) is 17.3 Å². The highest BCUT2D eigenvalue weighted by molar-refractivity contribution is 7.89. The fraction of sp³-hybridized carbons (Fsp3) is 0.250. The van der Waals surface area contributed by atoms with Gasteiger partial charge >= 0.3 is 0 Å². The standard InChI is InChI=1S/C28H29N5O4S2/c1-20-3-9-24(10-4-20)37-25-11-5-22(6-12-25)19-27-30-28(38-31-27)32-15-17-33(18-16-32)39(35,36)26-13-7-23(8-14-26)29-21(2)34/h3-14H,15-19H2,1-2H3,(H,29,34). The third-order valence-corrected chi connectivity index (χ3v) is 9.05. The number of carbonyl (C=O) groups is 1. The van der Waals surface area contributed by atoms with Crippen molar-refractivity contribution in [2.75, 3.05) is 36.4 Å². The van der Waals surface area contributed by atoms with Gasteiger partial charge in [-0.3, -0.25) is 4.79 Å². The fourth-order valence-electron chi connectivity index (χ4n) is 4.23. The van der Waals surface area contributed by atoms with Crippen LogP contribution in [-0.2, 0) is 21.2 Å². The molecular formula is C28H29N5O4S2. The molecule has 0 spiro atoms. The lowest BCUT2D eigenvalue weighted by Gasteiger charge is -2.33. The van der Waals surface area contributed by atoms with Crippen LogP contribution in [-0.4, -0.2) is 54.2 Å². The van der Waals surface area contributed by atoms with Crippen molar-refractivity contribution in [3.63, 3.8) is 0 Å². The van der Waals surface area contributed by atoms with Crippen LogP contribution in [0.15, 0.2) is 77.7 Å². The molecule has 2 heterocycles. The maximum absolute atomic E-state index is 13.1. The Morgan fingerprint density at radius 2 is 1.54 bits per heavy atom. The predicted octanol–water partition coefficient (Wildman–Crippen LogP) is 4.70. The van der Waals surface area contributed by atoms with Gasteiger partial charge in [-0.2, -0.15) is 8.68 Å². The summed E-state index contributed by atoms with van der Waals surface area (Å²) in [6.07, 6.45) is 0.601. The molecule has 9 nitrogen and oxygen atoms in total. The van der Waals surface area contributed by atoms with Crippen LogP contribution in [0.2, 0.25) is 0 Å². The van der Waals surface area contributed by atoms with Crippen LogP contribution in [0.25, 0.3) is 0 Å². The van der Waals surface area contributed by atoms with E-state index >= 15 is 0 Å². The van der Waals surface area contributed by atoms with E-state index < -0.39 is 10.0 Å². The number of anilines is 2. The van der Waals surface area contributed by atoms with Crippen LogP contribution in [0.1, 0.15) is 23.9 Å². The fourth-order valence-corrected chi connectivity index (χ4v) is 6.39. The van der Waals surface area contributed by atoms with Crippen LogP contribution in [0.4, 0.5) is 10.8 Å². The van der Waals surface area contributed by atoms with Gasteiger partial charge in [-0.25, -0.2) is 13.4 Å². The van der Waals surface area contributed by atoms with E-state index in [4.69, 9.17) is 9.72 Å². The number of hydrogen-bond acceptors (Lipinski definition) is 8. The quantitative estimate of drug-likeness (QED) is 0.331. The first kappa shape index (κ1) is 26.8. The minimum Gasteiger partial charge on any atom is -0.457 e. The van der Waals surface area contributed by atoms with E-state index in [0.29, 0.717) is 38.3 Å². The van der Waals surface area contributed by atoms with E-state index in [1.165, 1.54) is 40.5 Å². The molecule has 5 rings (SSSR count). The highest BCUT2D eigenvalue weighted by Gasteiger charge is 2.29. The number of aromatic nitrogens is 2. The maximum atomic E-state index is 13.1. The van der Waals surface area contributed by atoms with E-state index in [0.717, 1.165) is 28.0 Å². The van der Waals surface area contributed by atoms with Gasteiger partial charge in [0, 0.05) is 56.7 Å². The van der Waals surface area contributed by atoms with Crippen molar-refractivity contribution < 1.29 is 17.9 Å². The monoisotopic (exact) mass is 563 g/mol. The summed E-state index contributed by atoms with van der Waals surface area (Å²) in [5.74, 6) is 2.09. The van der Waals surface area contributed by atoms with Gasteiger partial charge in [0.25, 0.3) is 0 Å². The van der Waals surface area contributed by atoms with Gasteiger partial charge in [0.15, 0.2) is 0 Å². The second kappa shape index (κ2) is 11.5. The normalized spacial score (nSPS) is 14.3. The van der Waals surface area contributed by atoms with Crippen LogP contribution in [0.3, 0.4) is 0 Å². The zero-order valence-electron chi connectivity index (χ0n) is 21.7. The molecule has 0 bridgehead atoms. The number of ether oxygens (including phenoxy) is 1. The molecule has 11 heteroatoms. The summed E-state index contributed by atoms with van der Waals surface area (Å²) in [5.41, 5.74) is 2.83. The Bertz CT molecular complexity index is 1530. The number of amides is 1. The minimum atomic E-state index is -3.62. The summed E-state index contributed by atoms with van der Waals surface area (Å²) in [7, 11) is -3.62. The minimum absolute atomic E-state index is 0.206. The molecule has 1 N–H and O–H groups in total. The maximum Gasteiger partial charge on any atom is 0.243 e. The molecule has 0 radical (unpaired) electrons. The number of piperazine rings is 1. The Balaban J connectivity index is 1.15. The largest absolute Gasteiger partial charge is 0.457 e. The molecule has 0 saturated carbocycles. The molecule has 1 aliphatic rings. The molecule has 39 heavy (non-hydrogen) atoms. The number of aryl methyl sites for hydroxylation is 1. The third-order valence-electron chi connectivity index (χ3n) is 6.32. The highest BCUT2D eigenvalue weighted by atomic mass is 32.2. The van der Waals surface area contributed by atoms with Gasteiger partial charge in [-0.1, -0.05) is 29.8 Å². The van der Waals surface area contributed by atoms with Crippen LogP contribution in [0, 0.1) is 6.92 Å². The molecule has 0 unspecified atom stereocenters. The van der Waals surface area contributed by atoms with Crippen molar-refractivity contribution in [3.8, 4) is 11.5 Å². The number of benzene rings is 3. The summed E-state index contributed by atoms with van der Waals surface area (Å²) < 4.78 is 38.1. The molecule has 1 fully saturated rings. The Hall–Kier alpha value is -3.80. The number of sulfonamides is 1. The van der Waals surface area contributed by atoms with Gasteiger partial charge < -0.3 is 15.0 Å². The lowest BCUT2D eigenvalue weighted by atomic mass is 10.1. The molecule has 202 valence electrons. The van der Waals surface area contributed by atoms with Gasteiger partial charge in [-0.05, 0) is 61.0 Å². The Labute approximate surface area is 232 Å². The zero-order chi connectivity index (χ0) is 27.4. The van der Waals surface area contributed by atoms with Gasteiger partial charge in [-0.15, -0.1) is 0 Å². The van der Waals surface area contributed by atoms with Crippen molar-refractivity contribution in [3.05, 3.63) is 89.7 Å². The highest BCUT2D eigenvalue weighted by Crippen LogP contribution is 2.26. The molecule has 1 aliphatic heterocycles. The van der Waals surface area contributed by atoms with Crippen molar-refractivity contribution in [2.45, 2.75) is 25.2 Å². The van der Waals surface area contributed by atoms with Gasteiger partial charge in [0.05, 0.1) is 4.90 Å². The Kier molecular flexibility index (Phi) is 7.92. The van der Waals surface area contributed by atoms with Crippen LogP contribution < -0.4 is 15.0 Å². The smallest absolute Gasteiger partial charge is 0.243 e. The summed E-state index contributed by atoms with van der Waals surface area (Å²) in [6, 6.07) is 22.1. The summed E-state index contributed by atoms with van der Waals surface area (Å²) in [5, 5.41) is 3.44. The molecule has 0 atom stereocenters. The van der Waals surface area contributed by atoms with E-state index in [1.807, 2.05) is 55.5 Å². The van der Waals surface area contributed by atoms with Crippen molar-refractivity contribution in [2.24, 2.45) is 0 Å². The molecule has 1 aromatic heterocycles. The number of carbonyl (C=O) groups excluding carboxylic acids is 1. The zero-order valence-corrected chi connectivity index (χ0v) is 23.3. The number of rotatable bonds is 8. The number of hydrogen-bond donors (Lipinski definition) is 1. The Morgan fingerprint density at radius 1 is 0.923 bits per heavy atom. The molecule has 0 aliphatic carbocycles. The van der Waals surface area contributed by atoms with E-state index in [-0.39, 0.29) is 10.8 Å². The second-order valence-corrected chi connectivity index (χ2v) is 12.0. The molecule has 4 aromatic rings. The van der Waals surface area contributed by atoms with E-state index in [1.54, 1.807) is 12.1 Å². The van der Waals surface area contributed by atoms with E-state index in [2.05, 4.69) is 14.6 Å². The first-order chi connectivity index (χ1) is 18.8. The third kappa shape index (κ3) is 6.62. The lowest BCUT2D eigenvalue weighted by molar-refractivity contribution is -0.114. The topological polar surface area (TPSA) is 105 Å². The first-order valence-corrected chi connectivity index (χ1v) is 14.8. The average Bonchev–Trinajstić information content (AvgIpc) is 3.40. The first-order valence-electron chi connectivity index (χ1n) is 12.5. The SMILES string of the molecule is CC(=O)Nc1ccc(S(=O)(=O)N2CCN(c3nc(Cc4ccc(Oc5ccc(C)cc5)cc4)ns3)CC2)cc1. The van der Waals surface area contributed by atoms with Crippen molar-refractivity contribution in [1.29, 1.82) is 0 Å².